The first-order valence-corrected chi connectivity index (χ1v) is 6.56. The predicted molar refractivity (Wildman–Crippen MR) is 75.9 cm³/mol. The second-order valence-corrected chi connectivity index (χ2v) is 4.38. The molecule has 106 valence electrons. The Morgan fingerprint density at radius 3 is 2.11 bits per heavy atom. The number of ether oxygens (including phenoxy) is 2. The van der Waals surface area contributed by atoms with Gasteiger partial charge in [-0.1, -0.05) is 0 Å². The number of hydrogen-bond acceptors (Lipinski definition) is 3. The van der Waals surface area contributed by atoms with Gasteiger partial charge in [-0.15, -0.1) is 0 Å². The van der Waals surface area contributed by atoms with Crippen LogP contribution in [0.1, 0.15) is 25.0 Å². The van der Waals surface area contributed by atoms with Gasteiger partial charge in [0.05, 0.1) is 20.6 Å². The highest BCUT2D eigenvalue weighted by Gasteiger charge is 2.14. The number of nitrogens with zero attached hydrogens (tertiary/aromatic N) is 1. The van der Waals surface area contributed by atoms with E-state index >= 15 is 0 Å². The van der Waals surface area contributed by atoms with Crippen LogP contribution in [0, 0.1) is 6.92 Å². The summed E-state index contributed by atoms with van der Waals surface area (Å²) in [6.45, 7) is 7.43. The standard InChI is InChI=1S/C15H23NO3/c1-6-16(7-2)15(17)10-12-9-14(19-5)13(18-4)8-11(12)3/h8-9H,6-7,10H2,1-5H3. The topological polar surface area (TPSA) is 38.8 Å². The van der Waals surface area contributed by atoms with Crippen LogP contribution in [0.25, 0.3) is 0 Å². The first kappa shape index (κ1) is 15.3. The summed E-state index contributed by atoms with van der Waals surface area (Å²) in [5.74, 6) is 1.50. The van der Waals surface area contributed by atoms with Gasteiger partial charge in [-0.3, -0.25) is 4.79 Å². The summed E-state index contributed by atoms with van der Waals surface area (Å²) in [6.07, 6.45) is 0.397. The van der Waals surface area contributed by atoms with E-state index in [4.69, 9.17) is 9.47 Å². The Hall–Kier alpha value is -1.71. The number of carbonyl (C=O) groups is 1. The molecule has 0 radical (unpaired) electrons. The second kappa shape index (κ2) is 7.02. The van der Waals surface area contributed by atoms with Crippen LogP contribution in [0.5, 0.6) is 11.5 Å². The molecule has 1 aromatic carbocycles. The SMILES string of the molecule is CCN(CC)C(=O)Cc1cc(OC)c(OC)cc1C. The third kappa shape index (κ3) is 3.63. The fourth-order valence-electron chi connectivity index (χ4n) is 2.06. The van der Waals surface area contributed by atoms with Crippen LogP contribution in [0.15, 0.2) is 12.1 Å². The maximum absolute atomic E-state index is 12.1. The molecule has 1 aromatic rings. The zero-order valence-corrected chi connectivity index (χ0v) is 12.4. The van der Waals surface area contributed by atoms with Gasteiger partial charge in [-0.05, 0) is 44.0 Å². The van der Waals surface area contributed by atoms with Crippen LogP contribution in [-0.2, 0) is 11.2 Å². The summed E-state index contributed by atoms with van der Waals surface area (Å²) in [6, 6.07) is 3.79. The molecule has 0 aromatic heterocycles. The Morgan fingerprint density at radius 1 is 1.11 bits per heavy atom. The summed E-state index contributed by atoms with van der Waals surface area (Å²) < 4.78 is 10.5. The van der Waals surface area contributed by atoms with E-state index in [2.05, 4.69) is 0 Å². The molecule has 0 fully saturated rings. The van der Waals surface area contributed by atoms with Gasteiger partial charge in [0.25, 0.3) is 0 Å². The summed E-state index contributed by atoms with van der Waals surface area (Å²) in [5.41, 5.74) is 2.02. The number of carbonyl (C=O) groups excluding carboxylic acids is 1. The quantitative estimate of drug-likeness (QED) is 0.793. The third-order valence-electron chi connectivity index (χ3n) is 3.30. The lowest BCUT2D eigenvalue weighted by molar-refractivity contribution is -0.130. The Balaban J connectivity index is 2.98. The zero-order valence-electron chi connectivity index (χ0n) is 12.4. The molecule has 1 rings (SSSR count). The van der Waals surface area contributed by atoms with E-state index < -0.39 is 0 Å². The van der Waals surface area contributed by atoms with Crippen molar-refractivity contribution in [3.8, 4) is 11.5 Å². The molecule has 0 atom stereocenters. The summed E-state index contributed by atoms with van der Waals surface area (Å²) in [5, 5.41) is 0. The molecule has 0 spiro atoms. The molecule has 0 unspecified atom stereocenters. The summed E-state index contributed by atoms with van der Waals surface area (Å²) >= 11 is 0. The Bertz CT molecular complexity index is 439. The largest absolute Gasteiger partial charge is 0.493 e. The monoisotopic (exact) mass is 265 g/mol. The van der Waals surface area contributed by atoms with Crippen molar-refractivity contribution in [2.75, 3.05) is 27.3 Å². The average molecular weight is 265 g/mol. The molecule has 0 saturated heterocycles. The van der Waals surface area contributed by atoms with Crippen molar-refractivity contribution in [1.29, 1.82) is 0 Å². The van der Waals surface area contributed by atoms with Crippen LogP contribution in [0.3, 0.4) is 0 Å². The van der Waals surface area contributed by atoms with E-state index in [1.54, 1.807) is 14.2 Å². The molecule has 0 aliphatic rings. The molecule has 0 saturated carbocycles. The highest BCUT2D eigenvalue weighted by Crippen LogP contribution is 2.30. The van der Waals surface area contributed by atoms with E-state index in [0.717, 1.165) is 24.2 Å². The van der Waals surface area contributed by atoms with Crippen molar-refractivity contribution in [2.45, 2.75) is 27.2 Å². The number of methoxy groups -OCH3 is 2. The molecule has 0 N–H and O–H groups in total. The minimum absolute atomic E-state index is 0.139. The molecular weight excluding hydrogens is 242 g/mol. The van der Waals surface area contributed by atoms with Crippen molar-refractivity contribution in [2.24, 2.45) is 0 Å². The molecule has 19 heavy (non-hydrogen) atoms. The van der Waals surface area contributed by atoms with Crippen LogP contribution < -0.4 is 9.47 Å². The van der Waals surface area contributed by atoms with Crippen LogP contribution in [-0.4, -0.2) is 38.1 Å². The van der Waals surface area contributed by atoms with Gasteiger partial charge in [0, 0.05) is 13.1 Å². The second-order valence-electron chi connectivity index (χ2n) is 4.38. The van der Waals surface area contributed by atoms with E-state index in [-0.39, 0.29) is 5.91 Å². The summed E-state index contributed by atoms with van der Waals surface area (Å²) in [7, 11) is 3.21. The molecule has 0 aliphatic heterocycles. The van der Waals surface area contributed by atoms with Gasteiger partial charge in [0.2, 0.25) is 5.91 Å². The first-order chi connectivity index (χ1) is 9.07. The van der Waals surface area contributed by atoms with Crippen LogP contribution in [0.4, 0.5) is 0 Å². The molecule has 4 nitrogen and oxygen atoms in total. The van der Waals surface area contributed by atoms with Crippen molar-refractivity contribution in [1.82, 2.24) is 4.90 Å². The van der Waals surface area contributed by atoms with Gasteiger partial charge in [0.1, 0.15) is 0 Å². The normalized spacial score (nSPS) is 10.2. The lowest BCUT2D eigenvalue weighted by Gasteiger charge is -2.19. The van der Waals surface area contributed by atoms with E-state index in [1.165, 1.54) is 0 Å². The number of likely N-dealkylation sites (N-methyl/N-ethyl adjacent to an activating group) is 1. The number of rotatable bonds is 6. The minimum atomic E-state index is 0.139. The predicted octanol–water partition coefficient (Wildman–Crippen LogP) is 2.42. The Morgan fingerprint density at radius 2 is 1.63 bits per heavy atom. The van der Waals surface area contributed by atoms with Crippen molar-refractivity contribution >= 4 is 5.91 Å². The maximum Gasteiger partial charge on any atom is 0.226 e. The Kier molecular flexibility index (Phi) is 5.67. The number of aryl methyl sites for hydroxylation is 1. The fourth-order valence-corrected chi connectivity index (χ4v) is 2.06. The smallest absolute Gasteiger partial charge is 0.226 e. The van der Waals surface area contributed by atoms with Gasteiger partial charge in [-0.2, -0.15) is 0 Å². The fraction of sp³-hybridized carbons (Fsp3) is 0.533. The maximum atomic E-state index is 12.1. The lowest BCUT2D eigenvalue weighted by Crippen LogP contribution is -2.31. The minimum Gasteiger partial charge on any atom is -0.493 e. The molecule has 1 amide bonds. The molecule has 4 heteroatoms. The average Bonchev–Trinajstić information content (AvgIpc) is 2.41. The number of benzene rings is 1. The first-order valence-electron chi connectivity index (χ1n) is 6.56. The van der Waals surface area contributed by atoms with Gasteiger partial charge in [0.15, 0.2) is 11.5 Å². The van der Waals surface area contributed by atoms with Crippen molar-refractivity contribution in [3.05, 3.63) is 23.3 Å². The van der Waals surface area contributed by atoms with Gasteiger partial charge in [-0.25, -0.2) is 0 Å². The number of hydrogen-bond donors (Lipinski definition) is 0. The Labute approximate surface area is 115 Å². The van der Waals surface area contributed by atoms with Gasteiger partial charge >= 0.3 is 0 Å². The molecule has 0 heterocycles. The third-order valence-corrected chi connectivity index (χ3v) is 3.30. The highest BCUT2D eigenvalue weighted by atomic mass is 16.5. The molecular formula is C15H23NO3. The van der Waals surface area contributed by atoms with Crippen LogP contribution >= 0.6 is 0 Å². The molecule has 0 aliphatic carbocycles. The van der Waals surface area contributed by atoms with Crippen molar-refractivity contribution in [3.63, 3.8) is 0 Å². The van der Waals surface area contributed by atoms with E-state index in [9.17, 15) is 4.79 Å². The van der Waals surface area contributed by atoms with E-state index in [0.29, 0.717) is 17.9 Å². The number of amides is 1. The highest BCUT2D eigenvalue weighted by molar-refractivity contribution is 5.79. The van der Waals surface area contributed by atoms with Gasteiger partial charge < -0.3 is 14.4 Å². The lowest BCUT2D eigenvalue weighted by atomic mass is 10.0. The molecule has 0 bridgehead atoms. The van der Waals surface area contributed by atoms with E-state index in [1.807, 2.05) is 37.8 Å². The summed E-state index contributed by atoms with van der Waals surface area (Å²) in [4.78, 5) is 14.0. The van der Waals surface area contributed by atoms with Crippen LogP contribution in [0.2, 0.25) is 0 Å². The van der Waals surface area contributed by atoms with Crippen molar-refractivity contribution < 1.29 is 14.3 Å². The zero-order chi connectivity index (χ0) is 14.4.